The van der Waals surface area contributed by atoms with Crippen LogP contribution < -0.4 is 5.32 Å². The van der Waals surface area contributed by atoms with Gasteiger partial charge < -0.3 is 9.73 Å². The maximum absolute atomic E-state index is 11.5. The highest BCUT2D eigenvalue weighted by atomic mass is 32.2. The van der Waals surface area contributed by atoms with Crippen LogP contribution in [-0.4, -0.2) is 28.4 Å². The van der Waals surface area contributed by atoms with Crippen LogP contribution in [0.25, 0.3) is 11.5 Å². The molecule has 0 unspecified atom stereocenters. The van der Waals surface area contributed by atoms with Crippen molar-refractivity contribution in [3.05, 3.63) is 29.8 Å². The SMILES string of the molecule is CCCNC(=O)CSc1nnc(-c2cccc(C)c2)o1. The number of hydrogen-bond acceptors (Lipinski definition) is 5. The van der Waals surface area contributed by atoms with Crippen molar-refractivity contribution in [3.8, 4) is 11.5 Å². The zero-order valence-corrected chi connectivity index (χ0v) is 12.4. The summed E-state index contributed by atoms with van der Waals surface area (Å²) >= 11 is 1.25. The molecule has 1 heterocycles. The van der Waals surface area contributed by atoms with Crippen molar-refractivity contribution in [2.24, 2.45) is 0 Å². The average Bonchev–Trinajstić information content (AvgIpc) is 2.92. The molecule has 106 valence electrons. The van der Waals surface area contributed by atoms with Gasteiger partial charge in [-0.05, 0) is 25.5 Å². The lowest BCUT2D eigenvalue weighted by Gasteiger charge is -2.00. The van der Waals surface area contributed by atoms with E-state index in [1.54, 1.807) is 0 Å². The second-order valence-corrected chi connectivity index (χ2v) is 5.31. The molecule has 5 nitrogen and oxygen atoms in total. The standard InChI is InChI=1S/C14H17N3O2S/c1-3-7-15-12(18)9-20-14-17-16-13(19-14)11-6-4-5-10(2)8-11/h4-6,8H,3,7,9H2,1-2H3,(H,15,18). The molecular formula is C14H17N3O2S. The topological polar surface area (TPSA) is 68.0 Å². The Balaban J connectivity index is 1.94. The number of aryl methyl sites for hydroxylation is 1. The molecule has 0 bridgehead atoms. The molecule has 6 heteroatoms. The van der Waals surface area contributed by atoms with Gasteiger partial charge in [0, 0.05) is 12.1 Å². The monoisotopic (exact) mass is 291 g/mol. The van der Waals surface area contributed by atoms with Crippen molar-refractivity contribution in [2.45, 2.75) is 25.5 Å². The fourth-order valence-corrected chi connectivity index (χ4v) is 2.20. The molecule has 0 saturated heterocycles. The lowest BCUT2D eigenvalue weighted by molar-refractivity contribution is -0.118. The fraction of sp³-hybridized carbons (Fsp3) is 0.357. The lowest BCUT2D eigenvalue weighted by atomic mass is 10.1. The predicted octanol–water partition coefficient (Wildman–Crippen LogP) is 2.66. The van der Waals surface area contributed by atoms with E-state index in [1.807, 2.05) is 38.1 Å². The molecule has 0 fully saturated rings. The summed E-state index contributed by atoms with van der Waals surface area (Å²) in [5.41, 5.74) is 2.02. The van der Waals surface area contributed by atoms with Crippen LogP contribution in [0.5, 0.6) is 0 Å². The molecular weight excluding hydrogens is 274 g/mol. The van der Waals surface area contributed by atoms with Crippen LogP contribution in [0.2, 0.25) is 0 Å². The van der Waals surface area contributed by atoms with Crippen LogP contribution in [0.3, 0.4) is 0 Å². The summed E-state index contributed by atoms with van der Waals surface area (Å²) in [7, 11) is 0. The van der Waals surface area contributed by atoms with E-state index in [4.69, 9.17) is 4.42 Å². The second-order valence-electron chi connectivity index (χ2n) is 4.38. The quantitative estimate of drug-likeness (QED) is 0.829. The molecule has 1 amide bonds. The predicted molar refractivity (Wildman–Crippen MR) is 78.5 cm³/mol. The first-order chi connectivity index (χ1) is 9.69. The summed E-state index contributed by atoms with van der Waals surface area (Å²) in [6.45, 7) is 4.71. The minimum absolute atomic E-state index is 0.0212. The first-order valence-electron chi connectivity index (χ1n) is 6.49. The Bertz CT molecular complexity index is 583. The number of hydrogen-bond donors (Lipinski definition) is 1. The Morgan fingerprint density at radius 2 is 2.25 bits per heavy atom. The maximum Gasteiger partial charge on any atom is 0.277 e. The Labute approximate surface area is 122 Å². The number of amides is 1. The number of rotatable bonds is 6. The molecule has 0 aliphatic carbocycles. The van der Waals surface area contributed by atoms with E-state index >= 15 is 0 Å². The third-order valence-corrected chi connectivity index (χ3v) is 3.39. The van der Waals surface area contributed by atoms with Crippen LogP contribution in [0.4, 0.5) is 0 Å². The van der Waals surface area contributed by atoms with E-state index in [0.717, 1.165) is 17.5 Å². The van der Waals surface area contributed by atoms with Gasteiger partial charge in [-0.2, -0.15) is 0 Å². The molecule has 0 atom stereocenters. The molecule has 2 rings (SSSR count). The molecule has 1 aromatic carbocycles. The Morgan fingerprint density at radius 1 is 1.40 bits per heavy atom. The summed E-state index contributed by atoms with van der Waals surface area (Å²) in [4.78, 5) is 11.5. The van der Waals surface area contributed by atoms with Crippen molar-refractivity contribution in [1.29, 1.82) is 0 Å². The van der Waals surface area contributed by atoms with Crippen molar-refractivity contribution in [3.63, 3.8) is 0 Å². The van der Waals surface area contributed by atoms with Gasteiger partial charge in [0.15, 0.2) is 0 Å². The normalized spacial score (nSPS) is 10.5. The van der Waals surface area contributed by atoms with Gasteiger partial charge in [-0.3, -0.25) is 4.79 Å². The van der Waals surface area contributed by atoms with Crippen molar-refractivity contribution in [2.75, 3.05) is 12.3 Å². The van der Waals surface area contributed by atoms with E-state index in [1.165, 1.54) is 11.8 Å². The van der Waals surface area contributed by atoms with Crippen molar-refractivity contribution in [1.82, 2.24) is 15.5 Å². The van der Waals surface area contributed by atoms with Crippen LogP contribution in [0.15, 0.2) is 33.9 Å². The van der Waals surface area contributed by atoms with E-state index in [0.29, 0.717) is 17.7 Å². The largest absolute Gasteiger partial charge is 0.411 e. The first-order valence-corrected chi connectivity index (χ1v) is 7.47. The van der Waals surface area contributed by atoms with E-state index in [-0.39, 0.29) is 11.7 Å². The molecule has 20 heavy (non-hydrogen) atoms. The van der Waals surface area contributed by atoms with Crippen LogP contribution in [-0.2, 0) is 4.79 Å². The summed E-state index contributed by atoms with van der Waals surface area (Å²) < 4.78 is 5.54. The molecule has 1 N–H and O–H groups in total. The molecule has 0 saturated carbocycles. The van der Waals surface area contributed by atoms with Gasteiger partial charge in [-0.25, -0.2) is 0 Å². The van der Waals surface area contributed by atoms with Crippen molar-refractivity contribution >= 4 is 17.7 Å². The highest BCUT2D eigenvalue weighted by Crippen LogP contribution is 2.23. The second kappa shape index (κ2) is 7.09. The van der Waals surface area contributed by atoms with Gasteiger partial charge in [-0.15, -0.1) is 10.2 Å². The first kappa shape index (κ1) is 14.6. The number of benzene rings is 1. The highest BCUT2D eigenvalue weighted by Gasteiger charge is 2.10. The van der Waals surface area contributed by atoms with Crippen LogP contribution in [0.1, 0.15) is 18.9 Å². The minimum Gasteiger partial charge on any atom is -0.411 e. The Hall–Kier alpha value is -1.82. The lowest BCUT2D eigenvalue weighted by Crippen LogP contribution is -2.25. The maximum atomic E-state index is 11.5. The molecule has 0 radical (unpaired) electrons. The molecule has 0 aliphatic heterocycles. The molecule has 0 spiro atoms. The average molecular weight is 291 g/mol. The van der Waals surface area contributed by atoms with Crippen LogP contribution in [0, 0.1) is 6.92 Å². The molecule has 0 aliphatic rings. The smallest absolute Gasteiger partial charge is 0.277 e. The number of nitrogens with zero attached hydrogens (tertiary/aromatic N) is 2. The molecule has 2 aromatic rings. The van der Waals surface area contributed by atoms with E-state index in [2.05, 4.69) is 15.5 Å². The van der Waals surface area contributed by atoms with Gasteiger partial charge in [0.1, 0.15) is 0 Å². The number of nitrogens with one attached hydrogen (secondary N) is 1. The minimum atomic E-state index is -0.0212. The number of thioether (sulfide) groups is 1. The third-order valence-electron chi connectivity index (χ3n) is 2.57. The van der Waals surface area contributed by atoms with E-state index in [9.17, 15) is 4.79 Å². The Kier molecular flexibility index (Phi) is 5.17. The zero-order chi connectivity index (χ0) is 14.4. The fourth-order valence-electron chi connectivity index (χ4n) is 1.61. The van der Waals surface area contributed by atoms with Gasteiger partial charge in [0.25, 0.3) is 5.22 Å². The molecule has 1 aromatic heterocycles. The van der Waals surface area contributed by atoms with E-state index < -0.39 is 0 Å². The number of carbonyl (C=O) groups is 1. The van der Waals surface area contributed by atoms with Gasteiger partial charge in [0.2, 0.25) is 11.8 Å². The van der Waals surface area contributed by atoms with Gasteiger partial charge in [-0.1, -0.05) is 36.4 Å². The zero-order valence-electron chi connectivity index (χ0n) is 11.5. The van der Waals surface area contributed by atoms with Gasteiger partial charge >= 0.3 is 0 Å². The summed E-state index contributed by atoms with van der Waals surface area (Å²) in [6, 6.07) is 7.85. The highest BCUT2D eigenvalue weighted by molar-refractivity contribution is 7.99. The van der Waals surface area contributed by atoms with Gasteiger partial charge in [0.05, 0.1) is 5.75 Å². The Morgan fingerprint density at radius 3 is 3.00 bits per heavy atom. The third kappa shape index (κ3) is 4.09. The van der Waals surface area contributed by atoms with Crippen molar-refractivity contribution < 1.29 is 9.21 Å². The number of carbonyl (C=O) groups excluding carboxylic acids is 1. The summed E-state index contributed by atoms with van der Waals surface area (Å²) in [5, 5.41) is 11.1. The van der Waals surface area contributed by atoms with Crippen LogP contribution >= 0.6 is 11.8 Å². The summed E-state index contributed by atoms with van der Waals surface area (Å²) in [5.74, 6) is 0.743. The number of aromatic nitrogens is 2. The summed E-state index contributed by atoms with van der Waals surface area (Å²) in [6.07, 6.45) is 0.925.